The Bertz CT molecular complexity index is 499. The van der Waals surface area contributed by atoms with E-state index >= 15 is 0 Å². The first kappa shape index (κ1) is 14.1. The number of hydrogen-bond acceptors (Lipinski definition) is 1. The number of aryl methyl sites for hydroxylation is 1. The highest BCUT2D eigenvalue weighted by Gasteiger charge is 2.04. The molecule has 0 saturated carbocycles. The molecule has 2 heteroatoms. The first-order chi connectivity index (χ1) is 9.36. The third-order valence-electron chi connectivity index (χ3n) is 3.72. The molecule has 0 unspecified atom stereocenters. The molecule has 1 aromatic heterocycles. The van der Waals surface area contributed by atoms with Gasteiger partial charge in [-0.25, -0.2) is 0 Å². The second-order valence-electron chi connectivity index (χ2n) is 5.20. The van der Waals surface area contributed by atoms with Crippen molar-refractivity contribution >= 4 is 10.9 Å². The highest BCUT2D eigenvalue weighted by molar-refractivity contribution is 5.83. The van der Waals surface area contributed by atoms with E-state index in [0.717, 1.165) is 19.6 Å². The van der Waals surface area contributed by atoms with Gasteiger partial charge in [0, 0.05) is 30.2 Å². The minimum Gasteiger partial charge on any atom is -0.347 e. The van der Waals surface area contributed by atoms with Crippen molar-refractivity contribution < 1.29 is 0 Å². The Morgan fingerprint density at radius 2 is 1.95 bits per heavy atom. The first-order valence-electron chi connectivity index (χ1n) is 7.64. The van der Waals surface area contributed by atoms with Gasteiger partial charge in [-0.05, 0) is 30.7 Å². The standard InChI is InChI=1S/C17H26N2/c1-3-5-6-7-12-19-13-11-16-15(14-18-4-2)9-8-10-17(16)19/h8-11,13,18H,3-7,12,14H2,1-2H3. The SMILES string of the molecule is CCCCCCn1ccc2c(CNCC)cccc21. The average molecular weight is 258 g/mol. The minimum absolute atomic E-state index is 0.966. The van der Waals surface area contributed by atoms with Crippen molar-refractivity contribution in [3.63, 3.8) is 0 Å². The van der Waals surface area contributed by atoms with Gasteiger partial charge in [0.15, 0.2) is 0 Å². The summed E-state index contributed by atoms with van der Waals surface area (Å²) in [5.74, 6) is 0. The van der Waals surface area contributed by atoms with Crippen molar-refractivity contribution in [2.45, 2.75) is 52.6 Å². The van der Waals surface area contributed by atoms with E-state index in [1.54, 1.807) is 0 Å². The molecule has 0 radical (unpaired) electrons. The third-order valence-corrected chi connectivity index (χ3v) is 3.72. The molecule has 0 spiro atoms. The fourth-order valence-electron chi connectivity index (χ4n) is 2.60. The summed E-state index contributed by atoms with van der Waals surface area (Å²) >= 11 is 0. The molecular formula is C17H26N2. The Morgan fingerprint density at radius 3 is 2.74 bits per heavy atom. The number of benzene rings is 1. The topological polar surface area (TPSA) is 17.0 Å². The summed E-state index contributed by atoms with van der Waals surface area (Å²) in [5, 5.41) is 4.82. The Morgan fingerprint density at radius 1 is 1.05 bits per heavy atom. The number of nitrogens with one attached hydrogen (secondary N) is 1. The number of unbranched alkanes of at least 4 members (excludes halogenated alkanes) is 3. The molecule has 0 amide bonds. The number of hydrogen-bond donors (Lipinski definition) is 1. The second-order valence-corrected chi connectivity index (χ2v) is 5.20. The van der Waals surface area contributed by atoms with Crippen LogP contribution in [0.15, 0.2) is 30.5 Å². The lowest BCUT2D eigenvalue weighted by molar-refractivity contribution is 0.593. The maximum atomic E-state index is 3.42. The van der Waals surface area contributed by atoms with Gasteiger partial charge in [0.25, 0.3) is 0 Å². The van der Waals surface area contributed by atoms with E-state index in [1.165, 1.54) is 42.1 Å². The molecule has 0 aliphatic heterocycles. The minimum atomic E-state index is 0.966. The van der Waals surface area contributed by atoms with Crippen LogP contribution < -0.4 is 5.32 Å². The largest absolute Gasteiger partial charge is 0.347 e. The lowest BCUT2D eigenvalue weighted by Gasteiger charge is -2.07. The highest BCUT2D eigenvalue weighted by atomic mass is 14.9. The summed E-state index contributed by atoms with van der Waals surface area (Å²) < 4.78 is 2.40. The number of aromatic nitrogens is 1. The predicted molar refractivity (Wildman–Crippen MR) is 83.5 cm³/mol. The van der Waals surface area contributed by atoms with Crippen LogP contribution in [-0.4, -0.2) is 11.1 Å². The summed E-state index contributed by atoms with van der Waals surface area (Å²) in [6, 6.07) is 8.91. The molecule has 0 aliphatic rings. The van der Waals surface area contributed by atoms with Crippen molar-refractivity contribution in [1.82, 2.24) is 9.88 Å². The number of rotatable bonds is 8. The Labute approximate surface area is 116 Å². The van der Waals surface area contributed by atoms with Crippen LogP contribution in [-0.2, 0) is 13.1 Å². The van der Waals surface area contributed by atoms with E-state index in [0.29, 0.717) is 0 Å². The Balaban J connectivity index is 2.09. The normalized spacial score (nSPS) is 11.3. The Kier molecular flexibility index (Phi) is 5.46. The molecule has 0 atom stereocenters. The summed E-state index contributed by atoms with van der Waals surface area (Å²) in [7, 11) is 0. The van der Waals surface area contributed by atoms with Crippen LogP contribution in [0.5, 0.6) is 0 Å². The zero-order valence-corrected chi connectivity index (χ0v) is 12.3. The summed E-state index contributed by atoms with van der Waals surface area (Å²) in [4.78, 5) is 0. The lowest BCUT2D eigenvalue weighted by atomic mass is 10.1. The smallest absolute Gasteiger partial charge is 0.0483 e. The number of fused-ring (bicyclic) bond motifs is 1. The van der Waals surface area contributed by atoms with Gasteiger partial charge >= 0.3 is 0 Å². The fraction of sp³-hybridized carbons (Fsp3) is 0.529. The fourth-order valence-corrected chi connectivity index (χ4v) is 2.60. The lowest BCUT2D eigenvalue weighted by Crippen LogP contribution is -2.11. The van der Waals surface area contributed by atoms with E-state index in [1.807, 2.05) is 0 Å². The molecule has 0 bridgehead atoms. The quantitative estimate of drug-likeness (QED) is 0.697. The molecule has 2 rings (SSSR count). The van der Waals surface area contributed by atoms with Gasteiger partial charge in [0.2, 0.25) is 0 Å². The highest BCUT2D eigenvalue weighted by Crippen LogP contribution is 2.21. The average Bonchev–Trinajstić information content (AvgIpc) is 2.85. The van der Waals surface area contributed by atoms with Gasteiger partial charge in [-0.1, -0.05) is 45.2 Å². The molecular weight excluding hydrogens is 232 g/mol. The van der Waals surface area contributed by atoms with Crippen molar-refractivity contribution in [3.8, 4) is 0 Å². The van der Waals surface area contributed by atoms with E-state index in [9.17, 15) is 0 Å². The summed E-state index contributed by atoms with van der Waals surface area (Å²) in [5.41, 5.74) is 2.79. The third kappa shape index (κ3) is 3.60. The molecule has 1 heterocycles. The van der Waals surface area contributed by atoms with Crippen LogP contribution in [0.4, 0.5) is 0 Å². The zero-order chi connectivity index (χ0) is 13.5. The van der Waals surface area contributed by atoms with Gasteiger partial charge in [0.05, 0.1) is 0 Å². The van der Waals surface area contributed by atoms with Crippen LogP contribution in [0.3, 0.4) is 0 Å². The van der Waals surface area contributed by atoms with Crippen LogP contribution in [0.1, 0.15) is 45.1 Å². The molecule has 104 valence electrons. The van der Waals surface area contributed by atoms with Crippen molar-refractivity contribution in [2.75, 3.05) is 6.54 Å². The van der Waals surface area contributed by atoms with Crippen molar-refractivity contribution in [3.05, 3.63) is 36.0 Å². The van der Waals surface area contributed by atoms with Crippen LogP contribution >= 0.6 is 0 Å². The molecule has 19 heavy (non-hydrogen) atoms. The van der Waals surface area contributed by atoms with Gasteiger partial charge in [-0.2, -0.15) is 0 Å². The molecule has 1 aromatic carbocycles. The molecule has 2 aromatic rings. The predicted octanol–water partition coefficient (Wildman–Crippen LogP) is 4.33. The summed E-state index contributed by atoms with van der Waals surface area (Å²) in [6.07, 6.45) is 7.53. The Hall–Kier alpha value is -1.28. The van der Waals surface area contributed by atoms with Gasteiger partial charge in [-0.15, -0.1) is 0 Å². The van der Waals surface area contributed by atoms with E-state index in [2.05, 4.69) is 54.2 Å². The van der Waals surface area contributed by atoms with Crippen LogP contribution in [0.25, 0.3) is 10.9 Å². The zero-order valence-electron chi connectivity index (χ0n) is 12.3. The van der Waals surface area contributed by atoms with Crippen LogP contribution in [0, 0.1) is 0 Å². The number of nitrogens with zero attached hydrogens (tertiary/aromatic N) is 1. The molecule has 2 nitrogen and oxygen atoms in total. The molecule has 1 N–H and O–H groups in total. The van der Waals surface area contributed by atoms with Gasteiger partial charge in [0.1, 0.15) is 0 Å². The van der Waals surface area contributed by atoms with Crippen molar-refractivity contribution in [1.29, 1.82) is 0 Å². The van der Waals surface area contributed by atoms with E-state index in [-0.39, 0.29) is 0 Å². The molecule has 0 fully saturated rings. The van der Waals surface area contributed by atoms with Gasteiger partial charge < -0.3 is 9.88 Å². The van der Waals surface area contributed by atoms with Crippen LogP contribution in [0.2, 0.25) is 0 Å². The molecule has 0 aliphatic carbocycles. The summed E-state index contributed by atoms with van der Waals surface area (Å²) in [6.45, 7) is 7.55. The first-order valence-corrected chi connectivity index (χ1v) is 7.64. The van der Waals surface area contributed by atoms with E-state index < -0.39 is 0 Å². The van der Waals surface area contributed by atoms with Gasteiger partial charge in [-0.3, -0.25) is 0 Å². The maximum Gasteiger partial charge on any atom is 0.0483 e. The van der Waals surface area contributed by atoms with Crippen molar-refractivity contribution in [2.24, 2.45) is 0 Å². The second kappa shape index (κ2) is 7.34. The maximum absolute atomic E-state index is 3.42. The molecule has 0 saturated heterocycles. The monoisotopic (exact) mass is 258 g/mol. The van der Waals surface area contributed by atoms with E-state index in [4.69, 9.17) is 0 Å².